The number of amides is 1. The highest BCUT2D eigenvalue weighted by Crippen LogP contribution is 2.43. The number of fused-ring (bicyclic) bond motifs is 2. The van der Waals surface area contributed by atoms with Gasteiger partial charge in [-0.15, -0.1) is 0 Å². The van der Waals surface area contributed by atoms with Crippen LogP contribution in [0, 0.1) is 0 Å². The molecule has 2 aromatic rings. The maximum atomic E-state index is 12.5. The molecule has 0 aliphatic carbocycles. The van der Waals surface area contributed by atoms with E-state index in [9.17, 15) is 4.79 Å². The molecule has 0 radical (unpaired) electrons. The van der Waals surface area contributed by atoms with Crippen LogP contribution in [0.25, 0.3) is 0 Å². The summed E-state index contributed by atoms with van der Waals surface area (Å²) in [5, 5.41) is 3.17. The topological polar surface area (TPSA) is 50.8 Å². The van der Waals surface area contributed by atoms with Gasteiger partial charge in [0.25, 0.3) is 0 Å². The molecule has 0 aromatic heterocycles. The molecule has 0 fully saturated rings. The summed E-state index contributed by atoms with van der Waals surface area (Å²) in [6, 6.07) is 13.8. The largest absolute Gasteiger partial charge is 0.486 e. The van der Waals surface area contributed by atoms with Gasteiger partial charge in [0, 0.05) is 12.1 Å². The van der Waals surface area contributed by atoms with Gasteiger partial charge >= 0.3 is 0 Å². The summed E-state index contributed by atoms with van der Waals surface area (Å²) in [6.07, 6.45) is 0. The van der Waals surface area contributed by atoms with Gasteiger partial charge in [0.2, 0.25) is 5.91 Å². The van der Waals surface area contributed by atoms with Gasteiger partial charge in [0.15, 0.2) is 11.5 Å². The number of anilines is 2. The standard InChI is InChI=1S/C18H18N2O3/c1-12(13-5-3-2-4-6-13)20-15-10-17-16(22-7-8-23-17)9-14(15)19-11-18(20)21/h2-6,9-10,12,19H,7-8,11H2,1H3. The molecule has 0 saturated heterocycles. The number of carbonyl (C=O) groups excluding carboxylic acids is 1. The van der Waals surface area contributed by atoms with E-state index in [1.54, 1.807) is 0 Å². The van der Waals surface area contributed by atoms with Crippen LogP contribution < -0.4 is 19.7 Å². The van der Waals surface area contributed by atoms with E-state index in [0.717, 1.165) is 22.7 Å². The van der Waals surface area contributed by atoms with E-state index in [1.807, 2.05) is 54.3 Å². The predicted octanol–water partition coefficient (Wildman–Crippen LogP) is 2.98. The molecule has 23 heavy (non-hydrogen) atoms. The molecule has 0 saturated carbocycles. The molecule has 1 unspecified atom stereocenters. The Balaban J connectivity index is 1.78. The van der Waals surface area contributed by atoms with Crippen molar-refractivity contribution in [1.82, 2.24) is 0 Å². The maximum Gasteiger partial charge on any atom is 0.246 e. The molecule has 1 atom stereocenters. The summed E-state index contributed by atoms with van der Waals surface area (Å²) >= 11 is 0. The molecule has 5 nitrogen and oxygen atoms in total. The number of nitrogens with one attached hydrogen (secondary N) is 1. The van der Waals surface area contributed by atoms with Gasteiger partial charge in [-0.3, -0.25) is 4.79 Å². The molecule has 4 rings (SSSR count). The molecule has 0 spiro atoms. The van der Waals surface area contributed by atoms with Gasteiger partial charge in [-0.05, 0) is 12.5 Å². The Kier molecular flexibility index (Phi) is 3.33. The van der Waals surface area contributed by atoms with Gasteiger partial charge < -0.3 is 19.7 Å². The zero-order valence-electron chi connectivity index (χ0n) is 12.9. The second-order valence-corrected chi connectivity index (χ2v) is 5.72. The lowest BCUT2D eigenvalue weighted by Crippen LogP contribution is -2.41. The van der Waals surface area contributed by atoms with Gasteiger partial charge in [0.1, 0.15) is 13.2 Å². The normalized spacial score (nSPS) is 17.3. The summed E-state index contributed by atoms with van der Waals surface area (Å²) in [7, 11) is 0. The van der Waals surface area contributed by atoms with Crippen molar-refractivity contribution in [2.45, 2.75) is 13.0 Å². The molecule has 0 bridgehead atoms. The molecule has 5 heteroatoms. The van der Waals surface area contributed by atoms with Crippen LogP contribution in [-0.4, -0.2) is 25.7 Å². The summed E-state index contributed by atoms with van der Waals surface area (Å²) in [6.45, 7) is 3.40. The minimum atomic E-state index is -0.0490. The third-order valence-electron chi connectivity index (χ3n) is 4.29. The van der Waals surface area contributed by atoms with Crippen LogP contribution in [0.5, 0.6) is 11.5 Å². The zero-order valence-corrected chi connectivity index (χ0v) is 12.9. The van der Waals surface area contributed by atoms with Crippen molar-refractivity contribution >= 4 is 17.3 Å². The van der Waals surface area contributed by atoms with E-state index in [-0.39, 0.29) is 18.5 Å². The van der Waals surface area contributed by atoms with Crippen LogP contribution in [0.1, 0.15) is 18.5 Å². The minimum Gasteiger partial charge on any atom is -0.486 e. The van der Waals surface area contributed by atoms with Crippen molar-refractivity contribution in [2.24, 2.45) is 0 Å². The van der Waals surface area contributed by atoms with Crippen molar-refractivity contribution in [3.8, 4) is 11.5 Å². The highest BCUT2D eigenvalue weighted by molar-refractivity contribution is 6.03. The second-order valence-electron chi connectivity index (χ2n) is 5.72. The first-order chi connectivity index (χ1) is 11.2. The second kappa shape index (κ2) is 5.50. The molecule has 1 amide bonds. The highest BCUT2D eigenvalue weighted by atomic mass is 16.6. The fraction of sp³-hybridized carbons (Fsp3) is 0.278. The fourth-order valence-electron chi connectivity index (χ4n) is 3.11. The summed E-state index contributed by atoms with van der Waals surface area (Å²) in [4.78, 5) is 14.4. The average Bonchev–Trinajstić information content (AvgIpc) is 2.60. The quantitative estimate of drug-likeness (QED) is 0.926. The van der Waals surface area contributed by atoms with Crippen LogP contribution in [0.4, 0.5) is 11.4 Å². The van der Waals surface area contributed by atoms with E-state index in [4.69, 9.17) is 9.47 Å². The number of carbonyl (C=O) groups is 1. The first-order valence-corrected chi connectivity index (χ1v) is 7.78. The molecule has 2 heterocycles. The number of ether oxygens (including phenoxy) is 2. The maximum absolute atomic E-state index is 12.5. The van der Waals surface area contributed by atoms with Crippen LogP contribution in [0.15, 0.2) is 42.5 Å². The van der Waals surface area contributed by atoms with Crippen molar-refractivity contribution < 1.29 is 14.3 Å². The monoisotopic (exact) mass is 310 g/mol. The first-order valence-electron chi connectivity index (χ1n) is 7.78. The Labute approximate surface area is 134 Å². The van der Waals surface area contributed by atoms with Crippen LogP contribution in [-0.2, 0) is 4.79 Å². The Morgan fingerprint density at radius 2 is 1.78 bits per heavy atom. The van der Waals surface area contributed by atoms with Gasteiger partial charge in [-0.25, -0.2) is 0 Å². The molecule has 2 aliphatic heterocycles. The minimum absolute atomic E-state index is 0.0468. The van der Waals surface area contributed by atoms with E-state index in [0.29, 0.717) is 19.0 Å². The third-order valence-corrected chi connectivity index (χ3v) is 4.29. The van der Waals surface area contributed by atoms with E-state index < -0.39 is 0 Å². The number of hydrogen-bond acceptors (Lipinski definition) is 4. The highest BCUT2D eigenvalue weighted by Gasteiger charge is 2.31. The number of hydrogen-bond donors (Lipinski definition) is 1. The lowest BCUT2D eigenvalue weighted by atomic mass is 10.0. The molecule has 118 valence electrons. The number of benzene rings is 2. The predicted molar refractivity (Wildman–Crippen MR) is 88.3 cm³/mol. The molecule has 2 aliphatic rings. The Hall–Kier alpha value is -2.69. The smallest absolute Gasteiger partial charge is 0.246 e. The number of nitrogens with zero attached hydrogens (tertiary/aromatic N) is 1. The zero-order chi connectivity index (χ0) is 15.8. The van der Waals surface area contributed by atoms with Gasteiger partial charge in [-0.2, -0.15) is 0 Å². The van der Waals surface area contributed by atoms with E-state index in [2.05, 4.69) is 5.32 Å². The molecular weight excluding hydrogens is 292 g/mol. The van der Waals surface area contributed by atoms with Gasteiger partial charge in [-0.1, -0.05) is 30.3 Å². The van der Waals surface area contributed by atoms with Crippen LogP contribution >= 0.6 is 0 Å². The fourth-order valence-corrected chi connectivity index (χ4v) is 3.11. The van der Waals surface area contributed by atoms with Crippen LogP contribution in [0.3, 0.4) is 0 Å². The van der Waals surface area contributed by atoms with Crippen molar-refractivity contribution in [3.05, 3.63) is 48.0 Å². The van der Waals surface area contributed by atoms with Crippen LogP contribution in [0.2, 0.25) is 0 Å². The summed E-state index contributed by atoms with van der Waals surface area (Å²) in [5.41, 5.74) is 2.84. The molecule has 2 aromatic carbocycles. The lowest BCUT2D eigenvalue weighted by molar-refractivity contribution is -0.117. The SMILES string of the molecule is CC(c1ccccc1)N1C(=O)CNc2cc3c(cc21)OCCO3. The average molecular weight is 310 g/mol. The molecular formula is C18H18N2O3. The first kappa shape index (κ1) is 13.9. The number of rotatable bonds is 2. The Morgan fingerprint density at radius 3 is 2.52 bits per heavy atom. The summed E-state index contributed by atoms with van der Waals surface area (Å²) in [5.74, 6) is 1.46. The lowest BCUT2D eigenvalue weighted by Gasteiger charge is -2.36. The van der Waals surface area contributed by atoms with Crippen molar-refractivity contribution in [2.75, 3.05) is 30.0 Å². The Bertz CT molecular complexity index is 745. The van der Waals surface area contributed by atoms with Crippen molar-refractivity contribution in [3.63, 3.8) is 0 Å². The Morgan fingerprint density at radius 1 is 1.09 bits per heavy atom. The third kappa shape index (κ3) is 2.38. The van der Waals surface area contributed by atoms with E-state index >= 15 is 0 Å². The summed E-state index contributed by atoms with van der Waals surface area (Å²) < 4.78 is 11.3. The van der Waals surface area contributed by atoms with E-state index in [1.165, 1.54) is 0 Å². The van der Waals surface area contributed by atoms with Gasteiger partial charge in [0.05, 0.1) is 24.0 Å². The van der Waals surface area contributed by atoms with Crippen molar-refractivity contribution in [1.29, 1.82) is 0 Å². The molecule has 1 N–H and O–H groups in total.